The lowest BCUT2D eigenvalue weighted by molar-refractivity contribution is -0.00537. The van der Waals surface area contributed by atoms with E-state index in [1.54, 1.807) is 12.5 Å². The molecule has 2 atom stereocenters. The number of nitrogens with zero attached hydrogens (tertiary/aromatic N) is 4. The summed E-state index contributed by atoms with van der Waals surface area (Å²) in [6.07, 6.45) is 3.78. The Balaban J connectivity index is 2.00. The number of ether oxygens (including phenoxy) is 1. The summed E-state index contributed by atoms with van der Waals surface area (Å²) in [6.45, 7) is 5.86. The van der Waals surface area contributed by atoms with Crippen molar-refractivity contribution in [2.45, 2.75) is 26.1 Å². The molecular weight excluding hydrogens is 218 g/mol. The first-order chi connectivity index (χ1) is 8.24. The third-order valence-electron chi connectivity index (χ3n) is 2.95. The molecule has 1 saturated heterocycles. The number of nitrogens with one attached hydrogen (secondary N) is 1. The topological polar surface area (TPSA) is 66.9 Å². The zero-order chi connectivity index (χ0) is 11.8. The van der Waals surface area contributed by atoms with Crippen molar-refractivity contribution in [1.82, 2.24) is 20.2 Å². The first-order valence-electron chi connectivity index (χ1n) is 5.78. The summed E-state index contributed by atoms with van der Waals surface area (Å²) < 4.78 is 5.72. The molecule has 0 radical (unpaired) electrons. The van der Waals surface area contributed by atoms with E-state index < -0.39 is 0 Å². The van der Waals surface area contributed by atoms with Crippen molar-refractivity contribution in [2.24, 2.45) is 0 Å². The zero-order valence-electron chi connectivity index (χ0n) is 9.92. The minimum Gasteiger partial charge on any atom is -0.372 e. The standard InChI is InChI=1S/C11H15N5O/c1-7-4-16(5-8(2)17-7)11-9-3-14-15-10(9)12-6-13-11/h3,6-8H,4-5H2,1-2H3,(H,12,13,14,15)/t7-,8+. The number of H-pyrrole nitrogens is 1. The van der Waals surface area contributed by atoms with Gasteiger partial charge in [0.15, 0.2) is 5.65 Å². The lowest BCUT2D eigenvalue weighted by Gasteiger charge is -2.36. The Morgan fingerprint density at radius 2 is 2.06 bits per heavy atom. The largest absolute Gasteiger partial charge is 0.372 e. The summed E-state index contributed by atoms with van der Waals surface area (Å²) in [6, 6.07) is 0. The van der Waals surface area contributed by atoms with E-state index in [9.17, 15) is 0 Å². The monoisotopic (exact) mass is 233 g/mol. The second-order valence-corrected chi connectivity index (χ2v) is 4.49. The van der Waals surface area contributed by atoms with Crippen molar-refractivity contribution in [1.29, 1.82) is 0 Å². The maximum atomic E-state index is 5.72. The molecule has 17 heavy (non-hydrogen) atoms. The number of fused-ring (bicyclic) bond motifs is 1. The van der Waals surface area contributed by atoms with E-state index in [0.717, 1.165) is 29.9 Å². The fourth-order valence-corrected chi connectivity index (χ4v) is 2.36. The van der Waals surface area contributed by atoms with E-state index in [-0.39, 0.29) is 12.2 Å². The van der Waals surface area contributed by atoms with Gasteiger partial charge in [-0.25, -0.2) is 9.97 Å². The van der Waals surface area contributed by atoms with Gasteiger partial charge in [-0.1, -0.05) is 0 Å². The highest BCUT2D eigenvalue weighted by Gasteiger charge is 2.24. The van der Waals surface area contributed by atoms with Crippen molar-refractivity contribution >= 4 is 16.9 Å². The Hall–Kier alpha value is -1.69. The molecule has 0 unspecified atom stereocenters. The Morgan fingerprint density at radius 1 is 1.29 bits per heavy atom. The van der Waals surface area contributed by atoms with Gasteiger partial charge in [-0.15, -0.1) is 0 Å². The van der Waals surface area contributed by atoms with Crippen LogP contribution in [0.2, 0.25) is 0 Å². The molecule has 1 aliphatic heterocycles. The van der Waals surface area contributed by atoms with Crippen molar-refractivity contribution in [3.8, 4) is 0 Å². The third kappa shape index (κ3) is 1.84. The minimum absolute atomic E-state index is 0.218. The Labute approximate surface area is 99.0 Å². The highest BCUT2D eigenvalue weighted by Crippen LogP contribution is 2.24. The van der Waals surface area contributed by atoms with Gasteiger partial charge in [-0.05, 0) is 13.8 Å². The quantitative estimate of drug-likeness (QED) is 0.794. The number of hydrogen-bond acceptors (Lipinski definition) is 5. The highest BCUT2D eigenvalue weighted by molar-refractivity contribution is 5.86. The lowest BCUT2D eigenvalue weighted by Crippen LogP contribution is -2.45. The number of morpholine rings is 1. The Bertz CT molecular complexity index is 515. The van der Waals surface area contributed by atoms with Crippen LogP contribution in [0.4, 0.5) is 5.82 Å². The van der Waals surface area contributed by atoms with Crippen molar-refractivity contribution < 1.29 is 4.74 Å². The van der Waals surface area contributed by atoms with Crippen molar-refractivity contribution in [3.05, 3.63) is 12.5 Å². The van der Waals surface area contributed by atoms with E-state index >= 15 is 0 Å². The lowest BCUT2D eigenvalue weighted by atomic mass is 10.2. The number of hydrogen-bond donors (Lipinski definition) is 1. The van der Waals surface area contributed by atoms with Crippen LogP contribution in [0, 0.1) is 0 Å². The molecule has 0 amide bonds. The molecule has 0 bridgehead atoms. The van der Waals surface area contributed by atoms with Crippen LogP contribution >= 0.6 is 0 Å². The summed E-state index contributed by atoms with van der Waals surface area (Å²) in [7, 11) is 0. The summed E-state index contributed by atoms with van der Waals surface area (Å²) in [4.78, 5) is 10.8. The highest BCUT2D eigenvalue weighted by atomic mass is 16.5. The summed E-state index contributed by atoms with van der Waals surface area (Å²) in [5, 5.41) is 7.84. The third-order valence-corrected chi connectivity index (χ3v) is 2.95. The van der Waals surface area contributed by atoms with E-state index in [4.69, 9.17) is 4.74 Å². The molecule has 3 heterocycles. The predicted molar refractivity (Wildman–Crippen MR) is 63.9 cm³/mol. The SMILES string of the molecule is C[C@@H]1CN(c2ncnc3[nH]ncc23)C[C@H](C)O1. The summed E-state index contributed by atoms with van der Waals surface area (Å²) in [5.41, 5.74) is 0.779. The smallest absolute Gasteiger partial charge is 0.160 e. The molecule has 0 saturated carbocycles. The normalized spacial score (nSPS) is 25.4. The molecule has 2 aromatic rings. The van der Waals surface area contributed by atoms with Crippen LogP contribution in [-0.2, 0) is 4.74 Å². The van der Waals surface area contributed by atoms with Crippen LogP contribution in [-0.4, -0.2) is 45.5 Å². The summed E-state index contributed by atoms with van der Waals surface area (Å²) in [5.74, 6) is 0.936. The fraction of sp³-hybridized carbons (Fsp3) is 0.545. The van der Waals surface area contributed by atoms with Crippen LogP contribution in [0.1, 0.15) is 13.8 Å². The molecule has 3 rings (SSSR count). The van der Waals surface area contributed by atoms with Gasteiger partial charge in [-0.3, -0.25) is 5.10 Å². The minimum atomic E-state index is 0.218. The zero-order valence-corrected chi connectivity index (χ0v) is 9.92. The molecule has 2 aromatic heterocycles. The van der Waals surface area contributed by atoms with Crippen LogP contribution < -0.4 is 4.90 Å². The number of anilines is 1. The van der Waals surface area contributed by atoms with Gasteiger partial charge in [0.25, 0.3) is 0 Å². The molecule has 6 nitrogen and oxygen atoms in total. The second-order valence-electron chi connectivity index (χ2n) is 4.49. The molecule has 0 aromatic carbocycles. The fourth-order valence-electron chi connectivity index (χ4n) is 2.36. The van der Waals surface area contributed by atoms with Crippen LogP contribution in [0.5, 0.6) is 0 Å². The molecule has 1 fully saturated rings. The van der Waals surface area contributed by atoms with E-state index in [1.807, 2.05) is 0 Å². The average Bonchev–Trinajstić information content (AvgIpc) is 2.75. The average molecular weight is 233 g/mol. The van der Waals surface area contributed by atoms with Gasteiger partial charge in [0.05, 0.1) is 23.8 Å². The maximum absolute atomic E-state index is 5.72. The van der Waals surface area contributed by atoms with Crippen molar-refractivity contribution in [2.75, 3.05) is 18.0 Å². The first-order valence-corrected chi connectivity index (χ1v) is 5.78. The number of aromatic nitrogens is 4. The summed E-state index contributed by atoms with van der Waals surface area (Å²) >= 11 is 0. The van der Waals surface area contributed by atoms with Crippen LogP contribution in [0.15, 0.2) is 12.5 Å². The van der Waals surface area contributed by atoms with Gasteiger partial charge in [-0.2, -0.15) is 5.10 Å². The van der Waals surface area contributed by atoms with Gasteiger partial charge in [0, 0.05) is 13.1 Å². The van der Waals surface area contributed by atoms with Crippen molar-refractivity contribution in [3.63, 3.8) is 0 Å². The van der Waals surface area contributed by atoms with Gasteiger partial charge >= 0.3 is 0 Å². The Morgan fingerprint density at radius 3 is 2.82 bits per heavy atom. The molecule has 1 aliphatic rings. The molecule has 1 N–H and O–H groups in total. The van der Waals surface area contributed by atoms with E-state index in [1.165, 1.54) is 0 Å². The van der Waals surface area contributed by atoms with Gasteiger partial charge < -0.3 is 9.64 Å². The van der Waals surface area contributed by atoms with Gasteiger partial charge in [0.2, 0.25) is 0 Å². The predicted octanol–water partition coefficient (Wildman–Crippen LogP) is 0.966. The van der Waals surface area contributed by atoms with E-state index in [2.05, 4.69) is 38.9 Å². The van der Waals surface area contributed by atoms with Crippen LogP contribution in [0.3, 0.4) is 0 Å². The number of rotatable bonds is 1. The van der Waals surface area contributed by atoms with Gasteiger partial charge in [0.1, 0.15) is 12.1 Å². The van der Waals surface area contributed by atoms with Crippen LogP contribution in [0.25, 0.3) is 11.0 Å². The molecule has 6 heteroatoms. The number of aromatic amines is 1. The molecule has 90 valence electrons. The Kier molecular flexibility index (Phi) is 2.44. The second kappa shape index (κ2) is 3.96. The first kappa shape index (κ1) is 10.5. The maximum Gasteiger partial charge on any atom is 0.160 e. The molecule has 0 spiro atoms. The molecular formula is C11H15N5O. The van der Waals surface area contributed by atoms with E-state index in [0.29, 0.717) is 0 Å². The molecule has 0 aliphatic carbocycles.